The highest BCUT2D eigenvalue weighted by Gasteiger charge is 2.31. The van der Waals surface area contributed by atoms with E-state index in [2.05, 4.69) is 5.18 Å². The Bertz CT molecular complexity index is 492. The van der Waals surface area contributed by atoms with Crippen LogP contribution < -0.4 is 0 Å². The van der Waals surface area contributed by atoms with Crippen molar-refractivity contribution in [1.29, 1.82) is 0 Å². The highest BCUT2D eigenvalue weighted by molar-refractivity contribution is 5.42. The van der Waals surface area contributed by atoms with E-state index in [1.165, 1.54) is 13.8 Å². The molecule has 0 saturated carbocycles. The average molecular weight is 256 g/mol. The Balaban J connectivity index is 3.50. The highest BCUT2D eigenvalue weighted by Crippen LogP contribution is 2.30. The van der Waals surface area contributed by atoms with Crippen molar-refractivity contribution in [3.05, 3.63) is 44.3 Å². The fourth-order valence-corrected chi connectivity index (χ4v) is 1.32. The van der Waals surface area contributed by atoms with Crippen LogP contribution in [0.1, 0.15) is 25.0 Å². The lowest BCUT2D eigenvalue weighted by molar-refractivity contribution is -0.385. The second-order valence-electron chi connectivity index (χ2n) is 4.31. The van der Waals surface area contributed by atoms with Gasteiger partial charge in [0.05, 0.1) is 10.5 Å². The van der Waals surface area contributed by atoms with E-state index in [9.17, 15) is 30.3 Å². The molecule has 0 atom stereocenters. The van der Waals surface area contributed by atoms with E-state index in [1.807, 2.05) is 0 Å². The van der Waals surface area contributed by atoms with Gasteiger partial charge in [-0.05, 0) is 25.5 Å². The van der Waals surface area contributed by atoms with Gasteiger partial charge in [-0.15, -0.1) is 4.91 Å². The van der Waals surface area contributed by atoms with E-state index in [0.29, 0.717) is 0 Å². The lowest BCUT2D eigenvalue weighted by atomic mass is 9.95. The molecule has 0 aliphatic carbocycles. The van der Waals surface area contributed by atoms with Crippen molar-refractivity contribution >= 4 is 5.69 Å². The van der Waals surface area contributed by atoms with E-state index in [4.69, 9.17) is 0 Å². The fourth-order valence-electron chi connectivity index (χ4n) is 1.32. The number of nitroso groups, excluding NO2 is 1. The predicted molar refractivity (Wildman–Crippen MR) is 60.3 cm³/mol. The van der Waals surface area contributed by atoms with Crippen molar-refractivity contribution < 1.29 is 20.2 Å². The number of benzene rings is 1. The van der Waals surface area contributed by atoms with Crippen molar-refractivity contribution in [3.8, 4) is 0 Å². The molecule has 0 amide bonds. The molecule has 3 N–H and O–H groups in total. The van der Waals surface area contributed by atoms with Crippen LogP contribution in [0.2, 0.25) is 0 Å². The van der Waals surface area contributed by atoms with Crippen LogP contribution in [-0.4, -0.2) is 20.2 Å². The maximum absolute atomic E-state index is 10.7. The Hall–Kier alpha value is -1.90. The van der Waals surface area contributed by atoms with Gasteiger partial charge in [0.25, 0.3) is 5.69 Å². The number of nitro groups is 1. The largest absolute Gasteiger partial charge is 0.386 e. The molecular weight excluding hydrogens is 244 g/mol. The van der Waals surface area contributed by atoms with Crippen molar-refractivity contribution in [1.82, 2.24) is 0 Å². The normalized spacial score (nSPS) is 12.3. The second kappa shape index (κ2) is 4.41. The van der Waals surface area contributed by atoms with E-state index in [0.717, 1.165) is 18.2 Å². The predicted octanol–water partition coefficient (Wildman–Crippen LogP) is 0.683. The first-order valence-electron chi connectivity index (χ1n) is 4.90. The van der Waals surface area contributed by atoms with Gasteiger partial charge < -0.3 is 15.3 Å². The molecule has 1 aromatic rings. The summed E-state index contributed by atoms with van der Waals surface area (Å²) in [4.78, 5) is 20.2. The number of hydrogen-bond donors (Lipinski definition) is 3. The number of nitro benzene ring substituents is 1. The minimum atomic E-state index is -3.08. The molecule has 1 rings (SSSR count). The molecule has 0 heterocycles. The van der Waals surface area contributed by atoms with Gasteiger partial charge in [-0.3, -0.25) is 10.1 Å². The first-order chi connectivity index (χ1) is 8.08. The van der Waals surface area contributed by atoms with Crippen molar-refractivity contribution in [2.24, 2.45) is 5.18 Å². The van der Waals surface area contributed by atoms with Gasteiger partial charge in [-0.2, -0.15) is 0 Å². The molecule has 18 heavy (non-hydrogen) atoms. The first kappa shape index (κ1) is 14.2. The maximum Gasteiger partial charge on any atom is 0.331 e. The monoisotopic (exact) mass is 256 g/mol. The Morgan fingerprint density at radius 2 is 1.67 bits per heavy atom. The average Bonchev–Trinajstić information content (AvgIpc) is 2.27. The van der Waals surface area contributed by atoms with Gasteiger partial charge in [-0.25, -0.2) is 0 Å². The molecule has 0 radical (unpaired) electrons. The van der Waals surface area contributed by atoms with Gasteiger partial charge in [-0.1, -0.05) is 0 Å². The molecule has 1 aromatic carbocycles. The molecule has 0 fully saturated rings. The van der Waals surface area contributed by atoms with Gasteiger partial charge in [0.15, 0.2) is 0 Å². The summed E-state index contributed by atoms with van der Waals surface area (Å²) in [5.74, 6) is -3.08. The maximum atomic E-state index is 10.7. The molecule has 0 aliphatic rings. The third kappa shape index (κ3) is 2.86. The number of rotatable bonds is 4. The van der Waals surface area contributed by atoms with E-state index in [-0.39, 0.29) is 5.56 Å². The van der Waals surface area contributed by atoms with Crippen LogP contribution in [-0.2, 0) is 11.5 Å². The molecule has 0 aromatic heterocycles. The Morgan fingerprint density at radius 3 is 2.06 bits per heavy atom. The Labute approximate surface area is 102 Å². The summed E-state index contributed by atoms with van der Waals surface area (Å²) >= 11 is 0. The third-order valence-electron chi connectivity index (χ3n) is 2.35. The number of hydrogen-bond acceptors (Lipinski definition) is 7. The first-order valence-corrected chi connectivity index (χ1v) is 4.90. The van der Waals surface area contributed by atoms with E-state index < -0.39 is 27.7 Å². The minimum absolute atomic E-state index is 0.0582. The smallest absolute Gasteiger partial charge is 0.331 e. The number of nitrogens with zero attached hydrogens (tertiary/aromatic N) is 2. The van der Waals surface area contributed by atoms with Crippen LogP contribution in [0.15, 0.2) is 23.4 Å². The van der Waals surface area contributed by atoms with Crippen LogP contribution in [0.25, 0.3) is 0 Å². The van der Waals surface area contributed by atoms with Crippen molar-refractivity contribution in [2.75, 3.05) is 0 Å². The summed E-state index contributed by atoms with van der Waals surface area (Å²) in [6.45, 7) is 2.72. The van der Waals surface area contributed by atoms with Crippen LogP contribution in [0.4, 0.5) is 5.69 Å². The minimum Gasteiger partial charge on any atom is -0.386 e. The zero-order chi connectivity index (χ0) is 14.1. The van der Waals surface area contributed by atoms with Gasteiger partial charge in [0.2, 0.25) is 0 Å². The van der Waals surface area contributed by atoms with Crippen molar-refractivity contribution in [3.63, 3.8) is 0 Å². The second-order valence-corrected chi connectivity index (χ2v) is 4.31. The van der Waals surface area contributed by atoms with Crippen LogP contribution in [0.3, 0.4) is 0 Å². The Morgan fingerprint density at radius 1 is 1.17 bits per heavy atom. The SMILES string of the molecule is CC(C)(O)c1cc([N+](=O)[O-])cc(C(O)(O)N=O)c1. The van der Waals surface area contributed by atoms with Crippen LogP contribution in [0, 0.1) is 15.0 Å². The topological polar surface area (TPSA) is 133 Å². The molecular formula is C10H12N2O6. The Kier molecular flexibility index (Phi) is 3.47. The zero-order valence-corrected chi connectivity index (χ0v) is 9.69. The lowest BCUT2D eigenvalue weighted by Gasteiger charge is -2.20. The molecule has 0 unspecified atom stereocenters. The van der Waals surface area contributed by atoms with E-state index >= 15 is 0 Å². The lowest BCUT2D eigenvalue weighted by Crippen LogP contribution is -2.23. The highest BCUT2D eigenvalue weighted by atomic mass is 16.6. The summed E-state index contributed by atoms with van der Waals surface area (Å²) in [7, 11) is 0. The zero-order valence-electron chi connectivity index (χ0n) is 9.69. The molecule has 0 spiro atoms. The van der Waals surface area contributed by atoms with Gasteiger partial charge in [0.1, 0.15) is 0 Å². The number of aliphatic hydroxyl groups is 3. The summed E-state index contributed by atoms with van der Waals surface area (Å²) in [6.07, 6.45) is 0. The van der Waals surface area contributed by atoms with Crippen LogP contribution >= 0.6 is 0 Å². The summed E-state index contributed by atoms with van der Waals surface area (Å²) in [5.41, 5.74) is -2.35. The molecule has 0 bridgehead atoms. The summed E-state index contributed by atoms with van der Waals surface area (Å²) in [6, 6.07) is 2.94. The third-order valence-corrected chi connectivity index (χ3v) is 2.35. The fraction of sp³-hybridized carbons (Fsp3) is 0.400. The standard InChI is InChI=1S/C10H12N2O6/c1-9(2,13)6-3-7(10(14,15)11-16)5-8(4-6)12(17)18/h3-5,13-15H,1-2H3. The van der Waals surface area contributed by atoms with Gasteiger partial charge >= 0.3 is 5.91 Å². The molecule has 8 nitrogen and oxygen atoms in total. The molecule has 8 heteroatoms. The van der Waals surface area contributed by atoms with Gasteiger partial charge in [0, 0.05) is 22.9 Å². The number of non-ortho nitro benzene ring substituents is 1. The van der Waals surface area contributed by atoms with E-state index in [1.54, 1.807) is 0 Å². The van der Waals surface area contributed by atoms with Crippen LogP contribution in [0.5, 0.6) is 0 Å². The summed E-state index contributed by atoms with van der Waals surface area (Å²) < 4.78 is 0. The molecule has 98 valence electrons. The molecule has 0 aliphatic heterocycles. The quantitative estimate of drug-likeness (QED) is 0.314. The van der Waals surface area contributed by atoms with Crippen molar-refractivity contribution in [2.45, 2.75) is 25.4 Å². The molecule has 0 saturated heterocycles. The summed E-state index contributed by atoms with van der Waals surface area (Å²) in [5, 5.41) is 41.1.